The zero-order valence-corrected chi connectivity index (χ0v) is 7.13. The first kappa shape index (κ1) is 10.3. The van der Waals surface area contributed by atoms with Crippen LogP contribution in [0.5, 0.6) is 0 Å². The summed E-state index contributed by atoms with van der Waals surface area (Å²) in [6, 6.07) is 0. The highest BCUT2D eigenvalue weighted by atomic mass is 32.1. The SMILES string of the molecule is CC(C)(S)C(C(=O)O)C(=O)O. The average molecular weight is 178 g/mol. The van der Waals surface area contributed by atoms with Gasteiger partial charge in [0.05, 0.1) is 0 Å². The first-order chi connectivity index (χ1) is 4.76. The highest BCUT2D eigenvalue weighted by Crippen LogP contribution is 2.24. The number of thiol groups is 1. The minimum atomic E-state index is -1.47. The number of aliphatic carboxylic acids is 2. The number of carboxylic acid groups (broad SMARTS) is 2. The van der Waals surface area contributed by atoms with Crippen LogP contribution in [-0.2, 0) is 9.59 Å². The van der Waals surface area contributed by atoms with Gasteiger partial charge in [0, 0.05) is 4.75 Å². The third-order valence-electron chi connectivity index (χ3n) is 1.20. The molecule has 0 spiro atoms. The Morgan fingerprint density at radius 1 is 1.27 bits per heavy atom. The number of hydrogen-bond acceptors (Lipinski definition) is 3. The van der Waals surface area contributed by atoms with E-state index in [2.05, 4.69) is 12.6 Å². The predicted octanol–water partition coefficient (Wildman–Crippen LogP) is 0.480. The first-order valence-electron chi connectivity index (χ1n) is 2.95. The van der Waals surface area contributed by atoms with Gasteiger partial charge in [-0.1, -0.05) is 0 Å². The molecule has 0 aromatic carbocycles. The Bertz CT molecular complexity index is 168. The molecule has 0 aliphatic carbocycles. The predicted molar refractivity (Wildman–Crippen MR) is 41.8 cm³/mol. The van der Waals surface area contributed by atoms with Crippen LogP contribution in [0.4, 0.5) is 0 Å². The molecule has 0 amide bonds. The highest BCUT2D eigenvalue weighted by Gasteiger charge is 2.38. The van der Waals surface area contributed by atoms with Gasteiger partial charge in [0.25, 0.3) is 0 Å². The molecular weight excluding hydrogens is 168 g/mol. The van der Waals surface area contributed by atoms with E-state index in [0.717, 1.165) is 0 Å². The van der Waals surface area contributed by atoms with E-state index in [1.54, 1.807) is 0 Å². The second-order valence-corrected chi connectivity index (χ2v) is 3.92. The molecule has 0 aliphatic rings. The Morgan fingerprint density at radius 3 is 1.55 bits per heavy atom. The van der Waals surface area contributed by atoms with Crippen LogP contribution in [0.1, 0.15) is 13.8 Å². The molecule has 0 aliphatic heterocycles. The van der Waals surface area contributed by atoms with Crippen molar-refractivity contribution < 1.29 is 19.8 Å². The summed E-state index contributed by atoms with van der Waals surface area (Å²) in [6.07, 6.45) is 0. The quantitative estimate of drug-likeness (QED) is 0.434. The van der Waals surface area contributed by atoms with Gasteiger partial charge in [0.15, 0.2) is 5.92 Å². The summed E-state index contributed by atoms with van der Waals surface area (Å²) in [5.41, 5.74) is 0. The average Bonchev–Trinajstić information content (AvgIpc) is 1.54. The number of hydrogen-bond donors (Lipinski definition) is 3. The fourth-order valence-electron chi connectivity index (χ4n) is 0.710. The molecule has 2 N–H and O–H groups in total. The maximum atomic E-state index is 10.4. The van der Waals surface area contributed by atoms with Gasteiger partial charge in [-0.15, -0.1) is 0 Å². The van der Waals surface area contributed by atoms with E-state index >= 15 is 0 Å². The summed E-state index contributed by atoms with van der Waals surface area (Å²) < 4.78 is -1.04. The van der Waals surface area contributed by atoms with Gasteiger partial charge in [-0.25, -0.2) is 0 Å². The Balaban J connectivity index is 4.63. The molecular formula is C6H10O4S. The Labute approximate surface area is 69.6 Å². The fraction of sp³-hybridized carbons (Fsp3) is 0.667. The molecule has 0 bridgehead atoms. The van der Waals surface area contributed by atoms with Crippen LogP contribution in [0.3, 0.4) is 0 Å². The van der Waals surface area contributed by atoms with Crippen LogP contribution < -0.4 is 0 Å². The van der Waals surface area contributed by atoms with Crippen LogP contribution in [0.2, 0.25) is 0 Å². The first-order valence-corrected chi connectivity index (χ1v) is 3.39. The third-order valence-corrected chi connectivity index (χ3v) is 1.46. The minimum absolute atomic E-state index is 1.04. The van der Waals surface area contributed by atoms with Crippen LogP contribution in [0.15, 0.2) is 0 Å². The van der Waals surface area contributed by atoms with Gasteiger partial charge < -0.3 is 10.2 Å². The second-order valence-electron chi connectivity index (χ2n) is 2.76. The Hall–Kier alpha value is -0.710. The van der Waals surface area contributed by atoms with Crippen molar-refractivity contribution in [3.63, 3.8) is 0 Å². The van der Waals surface area contributed by atoms with Crippen molar-refractivity contribution in [2.45, 2.75) is 18.6 Å². The van der Waals surface area contributed by atoms with E-state index in [1.165, 1.54) is 13.8 Å². The van der Waals surface area contributed by atoms with E-state index in [1.807, 2.05) is 0 Å². The molecule has 0 radical (unpaired) electrons. The standard InChI is InChI=1S/C6H10O4S/c1-6(2,11)3(4(7)8)5(9)10/h3,11H,1-2H3,(H,7,8)(H,9,10). The number of carboxylic acids is 2. The second kappa shape index (κ2) is 3.13. The van der Waals surface area contributed by atoms with Crippen molar-refractivity contribution in [3.05, 3.63) is 0 Å². The summed E-state index contributed by atoms with van der Waals surface area (Å²) in [6.45, 7) is 2.89. The summed E-state index contributed by atoms with van der Waals surface area (Å²) in [7, 11) is 0. The van der Waals surface area contributed by atoms with E-state index in [4.69, 9.17) is 10.2 Å². The lowest BCUT2D eigenvalue weighted by Gasteiger charge is -2.21. The largest absolute Gasteiger partial charge is 0.481 e. The zero-order chi connectivity index (χ0) is 9.23. The summed E-state index contributed by atoms with van der Waals surface area (Å²) in [5.74, 6) is -4.19. The lowest BCUT2D eigenvalue weighted by molar-refractivity contribution is -0.155. The maximum absolute atomic E-state index is 10.4. The summed E-state index contributed by atoms with van der Waals surface area (Å²) in [5, 5.41) is 16.9. The molecule has 0 aromatic rings. The zero-order valence-electron chi connectivity index (χ0n) is 6.24. The Morgan fingerprint density at radius 2 is 1.55 bits per heavy atom. The highest BCUT2D eigenvalue weighted by molar-refractivity contribution is 7.81. The molecule has 0 heterocycles. The van der Waals surface area contributed by atoms with E-state index < -0.39 is 22.6 Å². The Kier molecular flexibility index (Phi) is 2.92. The fourth-order valence-corrected chi connectivity index (χ4v) is 0.931. The molecule has 0 atom stereocenters. The van der Waals surface area contributed by atoms with E-state index in [-0.39, 0.29) is 0 Å². The molecule has 0 aromatic heterocycles. The monoisotopic (exact) mass is 178 g/mol. The molecule has 4 nitrogen and oxygen atoms in total. The molecule has 0 fully saturated rings. The normalized spacial score (nSPS) is 11.6. The smallest absolute Gasteiger partial charge is 0.319 e. The van der Waals surface area contributed by atoms with Gasteiger partial charge in [-0.3, -0.25) is 9.59 Å². The van der Waals surface area contributed by atoms with Gasteiger partial charge in [0.2, 0.25) is 0 Å². The van der Waals surface area contributed by atoms with Crippen molar-refractivity contribution in [1.29, 1.82) is 0 Å². The van der Waals surface area contributed by atoms with Crippen molar-refractivity contribution in [2.24, 2.45) is 5.92 Å². The van der Waals surface area contributed by atoms with Crippen molar-refractivity contribution in [1.82, 2.24) is 0 Å². The summed E-state index contributed by atoms with van der Waals surface area (Å²) >= 11 is 3.87. The van der Waals surface area contributed by atoms with Crippen molar-refractivity contribution >= 4 is 24.6 Å². The van der Waals surface area contributed by atoms with Gasteiger partial charge in [0.1, 0.15) is 0 Å². The lowest BCUT2D eigenvalue weighted by atomic mass is 9.95. The maximum Gasteiger partial charge on any atom is 0.319 e. The third kappa shape index (κ3) is 2.80. The minimum Gasteiger partial charge on any atom is -0.481 e. The molecule has 5 heteroatoms. The van der Waals surface area contributed by atoms with Crippen molar-refractivity contribution in [3.8, 4) is 0 Å². The molecule has 11 heavy (non-hydrogen) atoms. The van der Waals surface area contributed by atoms with Crippen LogP contribution in [-0.4, -0.2) is 26.9 Å². The molecule has 0 unspecified atom stereocenters. The molecule has 0 saturated carbocycles. The number of rotatable bonds is 3. The summed E-state index contributed by atoms with van der Waals surface area (Å²) in [4.78, 5) is 20.7. The van der Waals surface area contributed by atoms with Gasteiger partial charge in [-0.2, -0.15) is 12.6 Å². The molecule has 0 saturated heterocycles. The number of carbonyl (C=O) groups is 2. The van der Waals surface area contributed by atoms with Gasteiger partial charge in [-0.05, 0) is 13.8 Å². The lowest BCUT2D eigenvalue weighted by Crippen LogP contribution is -2.38. The molecule has 64 valence electrons. The molecule has 0 rings (SSSR count). The van der Waals surface area contributed by atoms with Gasteiger partial charge >= 0.3 is 11.9 Å². The van der Waals surface area contributed by atoms with Crippen LogP contribution in [0, 0.1) is 5.92 Å². The topological polar surface area (TPSA) is 74.6 Å². The van der Waals surface area contributed by atoms with E-state index in [9.17, 15) is 9.59 Å². The van der Waals surface area contributed by atoms with Crippen LogP contribution >= 0.6 is 12.6 Å². The van der Waals surface area contributed by atoms with E-state index in [0.29, 0.717) is 0 Å². The van der Waals surface area contributed by atoms with Crippen LogP contribution in [0.25, 0.3) is 0 Å². The van der Waals surface area contributed by atoms with Crippen molar-refractivity contribution in [2.75, 3.05) is 0 Å².